The lowest BCUT2D eigenvalue weighted by Gasteiger charge is -2.36. The molecule has 2 aromatic heterocycles. The normalized spacial score (nSPS) is 16.7. The number of carbonyl (C=O) groups excluding carboxylic acids is 1. The highest BCUT2D eigenvalue weighted by molar-refractivity contribution is 6.30. The number of rotatable bonds is 5. The summed E-state index contributed by atoms with van der Waals surface area (Å²) in [5.41, 5.74) is 1.29. The van der Waals surface area contributed by atoms with E-state index in [1.165, 1.54) is 0 Å². The third-order valence-electron chi connectivity index (χ3n) is 5.68. The van der Waals surface area contributed by atoms with Crippen LogP contribution in [0, 0.1) is 0 Å². The van der Waals surface area contributed by atoms with E-state index >= 15 is 0 Å². The molecule has 1 aromatic carbocycles. The van der Waals surface area contributed by atoms with Gasteiger partial charge in [-0.3, -0.25) is 4.79 Å². The van der Waals surface area contributed by atoms with E-state index in [1.807, 2.05) is 44.0 Å². The van der Waals surface area contributed by atoms with Gasteiger partial charge in [0.15, 0.2) is 0 Å². The van der Waals surface area contributed by atoms with Crippen molar-refractivity contribution in [2.75, 3.05) is 13.2 Å². The zero-order valence-electron chi connectivity index (χ0n) is 19.3. The molecule has 3 aromatic rings. The van der Waals surface area contributed by atoms with Gasteiger partial charge in [-0.15, -0.1) is 0 Å². The third kappa shape index (κ3) is 5.71. The summed E-state index contributed by atoms with van der Waals surface area (Å²) in [5, 5.41) is 0.605. The van der Waals surface area contributed by atoms with Crippen molar-refractivity contribution in [1.82, 2.24) is 14.3 Å². The molecule has 1 aliphatic heterocycles. The number of benzene rings is 1. The summed E-state index contributed by atoms with van der Waals surface area (Å²) in [4.78, 5) is 29.9. The van der Waals surface area contributed by atoms with Crippen molar-refractivity contribution in [2.45, 2.75) is 58.1 Å². The highest BCUT2D eigenvalue weighted by Gasteiger charge is 2.30. The maximum Gasteiger partial charge on any atom is 0.410 e. The monoisotopic (exact) mass is 471 g/mol. The first-order valence-corrected chi connectivity index (χ1v) is 11.7. The van der Waals surface area contributed by atoms with E-state index in [4.69, 9.17) is 21.1 Å². The number of H-pyrrole nitrogens is 1. The van der Waals surface area contributed by atoms with Crippen LogP contribution in [0.15, 0.2) is 47.5 Å². The fraction of sp³-hybridized carbons (Fsp3) is 0.440. The molecule has 0 bridgehead atoms. The highest BCUT2D eigenvalue weighted by atomic mass is 35.5. The number of likely N-dealkylation sites (tertiary alicyclic amines) is 1. The molecule has 7 nitrogen and oxygen atoms in total. The van der Waals surface area contributed by atoms with Crippen molar-refractivity contribution < 1.29 is 14.3 Å². The van der Waals surface area contributed by atoms with Crippen LogP contribution in [0.2, 0.25) is 5.02 Å². The minimum Gasteiger partial charge on any atom is -0.492 e. The molecule has 1 atom stereocenters. The number of carbonyl (C=O) groups is 1. The van der Waals surface area contributed by atoms with Gasteiger partial charge in [0.2, 0.25) is 0 Å². The Morgan fingerprint density at radius 2 is 2.03 bits per heavy atom. The van der Waals surface area contributed by atoms with Gasteiger partial charge in [0, 0.05) is 41.9 Å². The molecule has 1 saturated heterocycles. The lowest BCUT2D eigenvalue weighted by molar-refractivity contribution is 0.00744. The molecule has 33 heavy (non-hydrogen) atoms. The number of piperidine rings is 1. The van der Waals surface area contributed by atoms with Crippen molar-refractivity contribution in [1.29, 1.82) is 0 Å². The minimum atomic E-state index is -0.515. The van der Waals surface area contributed by atoms with Crippen LogP contribution in [0.25, 0.3) is 16.8 Å². The summed E-state index contributed by atoms with van der Waals surface area (Å²) in [6.07, 6.45) is 7.09. The van der Waals surface area contributed by atoms with E-state index in [0.29, 0.717) is 41.6 Å². The quantitative estimate of drug-likeness (QED) is 0.532. The van der Waals surface area contributed by atoms with Gasteiger partial charge in [0.25, 0.3) is 5.56 Å². The topological polar surface area (TPSA) is 76.0 Å². The van der Waals surface area contributed by atoms with Gasteiger partial charge >= 0.3 is 6.09 Å². The van der Waals surface area contributed by atoms with Crippen LogP contribution < -0.4 is 10.3 Å². The average Bonchev–Trinajstić information content (AvgIpc) is 3.16. The van der Waals surface area contributed by atoms with Crippen LogP contribution in [0.5, 0.6) is 5.75 Å². The fourth-order valence-electron chi connectivity index (χ4n) is 4.16. The van der Waals surface area contributed by atoms with Crippen molar-refractivity contribution in [3.63, 3.8) is 0 Å². The first-order valence-electron chi connectivity index (χ1n) is 11.3. The molecule has 1 unspecified atom stereocenters. The Morgan fingerprint density at radius 1 is 1.21 bits per heavy atom. The Morgan fingerprint density at radius 3 is 2.79 bits per heavy atom. The van der Waals surface area contributed by atoms with Crippen molar-refractivity contribution in [3.8, 4) is 17.0 Å². The van der Waals surface area contributed by atoms with Gasteiger partial charge in [-0.1, -0.05) is 23.7 Å². The van der Waals surface area contributed by atoms with Gasteiger partial charge in [0.1, 0.15) is 16.9 Å². The van der Waals surface area contributed by atoms with E-state index in [1.54, 1.807) is 28.8 Å². The number of nitrogens with one attached hydrogen (secondary N) is 1. The summed E-state index contributed by atoms with van der Waals surface area (Å²) in [5.74, 6) is 0.614. The second kappa shape index (κ2) is 9.51. The van der Waals surface area contributed by atoms with E-state index in [2.05, 4.69) is 4.98 Å². The molecule has 0 saturated carbocycles. The number of hydrogen-bond donors (Lipinski definition) is 1. The second-order valence-electron chi connectivity index (χ2n) is 9.44. The Hall–Kier alpha value is -2.93. The number of fused-ring (bicyclic) bond motifs is 1. The molecule has 176 valence electrons. The van der Waals surface area contributed by atoms with Crippen LogP contribution in [0.4, 0.5) is 4.79 Å². The zero-order chi connectivity index (χ0) is 23.6. The molecule has 4 rings (SSSR count). The van der Waals surface area contributed by atoms with Gasteiger partial charge in [0.05, 0.1) is 18.5 Å². The molecular formula is C25H30ClN3O4. The van der Waals surface area contributed by atoms with Crippen molar-refractivity contribution in [2.24, 2.45) is 0 Å². The largest absolute Gasteiger partial charge is 0.492 e. The molecular weight excluding hydrogens is 442 g/mol. The van der Waals surface area contributed by atoms with Gasteiger partial charge in [-0.2, -0.15) is 0 Å². The average molecular weight is 472 g/mol. The first-order chi connectivity index (χ1) is 15.7. The van der Waals surface area contributed by atoms with Crippen LogP contribution in [-0.2, 0) is 4.74 Å². The molecule has 0 spiro atoms. The maximum absolute atomic E-state index is 12.6. The number of halogens is 1. The van der Waals surface area contributed by atoms with E-state index in [9.17, 15) is 9.59 Å². The van der Waals surface area contributed by atoms with Crippen LogP contribution in [-0.4, -0.2) is 45.2 Å². The first kappa shape index (κ1) is 23.2. The van der Waals surface area contributed by atoms with E-state index in [0.717, 1.165) is 24.8 Å². The van der Waals surface area contributed by atoms with Crippen LogP contribution in [0.3, 0.4) is 0 Å². The predicted molar refractivity (Wildman–Crippen MR) is 129 cm³/mol. The van der Waals surface area contributed by atoms with Gasteiger partial charge in [-0.25, -0.2) is 4.79 Å². The molecule has 1 N–H and O–H groups in total. The molecule has 1 fully saturated rings. The summed E-state index contributed by atoms with van der Waals surface area (Å²) >= 11 is 6.09. The molecule has 3 heterocycles. The summed E-state index contributed by atoms with van der Waals surface area (Å²) < 4.78 is 13.3. The highest BCUT2D eigenvalue weighted by Crippen LogP contribution is 2.25. The van der Waals surface area contributed by atoms with E-state index < -0.39 is 5.60 Å². The second-order valence-corrected chi connectivity index (χ2v) is 9.87. The van der Waals surface area contributed by atoms with Crippen molar-refractivity contribution in [3.05, 3.63) is 58.1 Å². The lowest BCUT2D eigenvalue weighted by Crippen LogP contribution is -2.46. The fourth-order valence-corrected chi connectivity index (χ4v) is 4.35. The standard InChI is InChI=1S/C25H30ClN3O4/c1-25(2,3)33-24(31)29-11-5-4-9-19(29)10-12-32-20-14-22-23(30)27-21(16-28(22)15-20)17-7-6-8-18(26)13-17/h6-8,13-16,19H,4-5,9-12H2,1-3H3,(H,27,30). The van der Waals surface area contributed by atoms with Gasteiger partial charge in [-0.05, 0) is 52.2 Å². The molecule has 0 radical (unpaired) electrons. The number of nitrogens with zero attached hydrogens (tertiary/aromatic N) is 2. The smallest absolute Gasteiger partial charge is 0.410 e. The van der Waals surface area contributed by atoms with Crippen molar-refractivity contribution >= 4 is 23.2 Å². The Kier molecular flexibility index (Phi) is 6.70. The summed E-state index contributed by atoms with van der Waals surface area (Å²) in [7, 11) is 0. The van der Waals surface area contributed by atoms with Gasteiger partial charge < -0.3 is 23.8 Å². The summed E-state index contributed by atoms with van der Waals surface area (Å²) in [6.45, 7) is 6.79. The number of aromatic nitrogens is 2. The molecule has 0 aliphatic carbocycles. The molecule has 1 aliphatic rings. The van der Waals surface area contributed by atoms with Crippen LogP contribution >= 0.6 is 11.6 Å². The SMILES string of the molecule is CC(C)(C)OC(=O)N1CCCCC1CCOc1cc2c(=O)[nH]c(-c3cccc(Cl)c3)cn2c1. The Labute approximate surface area is 198 Å². The van der Waals surface area contributed by atoms with Crippen LogP contribution in [0.1, 0.15) is 46.5 Å². The summed E-state index contributed by atoms with van der Waals surface area (Å²) in [6, 6.07) is 9.15. The zero-order valence-corrected chi connectivity index (χ0v) is 20.0. The van der Waals surface area contributed by atoms with E-state index in [-0.39, 0.29) is 17.7 Å². The third-order valence-corrected chi connectivity index (χ3v) is 5.92. The number of hydrogen-bond acceptors (Lipinski definition) is 4. The minimum absolute atomic E-state index is 0.0865. The molecule has 8 heteroatoms. The number of ether oxygens (including phenoxy) is 2. The number of aromatic amines is 1. The Balaban J connectivity index is 1.43. The molecule has 1 amide bonds. The predicted octanol–water partition coefficient (Wildman–Crippen LogP) is 5.51. The maximum atomic E-state index is 12.6. The Bertz CT molecular complexity index is 1190. The number of amides is 1. The lowest BCUT2D eigenvalue weighted by atomic mass is 10.0.